The quantitative estimate of drug-likeness (QED) is 0.678. The second-order valence-corrected chi connectivity index (χ2v) is 4.22. The predicted octanol–water partition coefficient (Wildman–Crippen LogP) is 1.80. The van der Waals surface area contributed by atoms with Crippen LogP contribution in [0.4, 0.5) is 0 Å². The molecule has 0 heterocycles. The van der Waals surface area contributed by atoms with Crippen molar-refractivity contribution < 1.29 is 19.4 Å². The molecule has 1 rings (SSSR count). The molecule has 0 aliphatic heterocycles. The highest BCUT2D eigenvalue weighted by Crippen LogP contribution is 2.31. The van der Waals surface area contributed by atoms with Crippen molar-refractivity contribution in [2.45, 2.75) is 11.4 Å². The molecule has 0 bridgehead atoms. The number of rotatable bonds is 4. The number of halogens is 1. The van der Waals surface area contributed by atoms with Gasteiger partial charge in [-0.25, -0.2) is 4.79 Å². The molecule has 0 radical (unpaired) electrons. The molecule has 0 fully saturated rings. The summed E-state index contributed by atoms with van der Waals surface area (Å²) in [6.45, 7) is 1.88. The monoisotopic (exact) mass is 288 g/mol. The second kappa shape index (κ2) is 5.32. The van der Waals surface area contributed by atoms with Crippen LogP contribution in [0.1, 0.15) is 12.5 Å². The zero-order valence-electron chi connectivity index (χ0n) is 9.07. The third-order valence-electron chi connectivity index (χ3n) is 2.00. The van der Waals surface area contributed by atoms with Crippen LogP contribution in [-0.2, 0) is 14.0 Å². The van der Waals surface area contributed by atoms with Crippen molar-refractivity contribution in [3.05, 3.63) is 29.8 Å². The zero-order valence-corrected chi connectivity index (χ0v) is 10.7. The fourth-order valence-corrected chi connectivity index (χ4v) is 1.53. The summed E-state index contributed by atoms with van der Waals surface area (Å²) in [6.07, 6.45) is 0. The van der Waals surface area contributed by atoms with Gasteiger partial charge >= 0.3 is 5.97 Å². The van der Waals surface area contributed by atoms with Gasteiger partial charge in [-0.3, -0.25) is 0 Å². The van der Waals surface area contributed by atoms with E-state index in [1.54, 1.807) is 31.2 Å². The molecular weight excluding hydrogens is 276 g/mol. The van der Waals surface area contributed by atoms with E-state index in [0.717, 1.165) is 0 Å². The number of alkyl halides is 1. The van der Waals surface area contributed by atoms with Crippen molar-refractivity contribution in [3.63, 3.8) is 0 Å². The first-order valence-electron chi connectivity index (χ1n) is 4.75. The summed E-state index contributed by atoms with van der Waals surface area (Å²) >= 11 is 2.95. The van der Waals surface area contributed by atoms with Crippen molar-refractivity contribution in [3.8, 4) is 5.75 Å². The summed E-state index contributed by atoms with van der Waals surface area (Å²) < 4.78 is 7.93. The Morgan fingerprint density at radius 1 is 1.56 bits per heavy atom. The topological polar surface area (TPSA) is 55.8 Å². The van der Waals surface area contributed by atoms with Crippen LogP contribution in [0.15, 0.2) is 24.3 Å². The van der Waals surface area contributed by atoms with Gasteiger partial charge in [0.2, 0.25) is 4.51 Å². The van der Waals surface area contributed by atoms with Gasteiger partial charge in [0.25, 0.3) is 0 Å². The molecule has 88 valence electrons. The van der Waals surface area contributed by atoms with Crippen LogP contribution in [0.3, 0.4) is 0 Å². The summed E-state index contributed by atoms with van der Waals surface area (Å²) in [5.41, 5.74) is 0.366. The Kier molecular flexibility index (Phi) is 4.32. The molecule has 1 aromatic rings. The minimum Gasteiger partial charge on any atom is -0.497 e. The van der Waals surface area contributed by atoms with E-state index in [9.17, 15) is 9.90 Å². The minimum absolute atomic E-state index is 0.205. The van der Waals surface area contributed by atoms with Gasteiger partial charge in [-0.1, -0.05) is 12.1 Å². The van der Waals surface area contributed by atoms with Gasteiger partial charge in [0, 0.05) is 5.56 Å². The number of methoxy groups -OCH3 is 1. The molecule has 0 saturated heterocycles. The number of esters is 1. The van der Waals surface area contributed by atoms with E-state index < -0.39 is 10.5 Å². The van der Waals surface area contributed by atoms with E-state index in [4.69, 9.17) is 9.47 Å². The smallest absolute Gasteiger partial charge is 0.354 e. The summed E-state index contributed by atoms with van der Waals surface area (Å²) in [5, 5.41) is 9.99. The van der Waals surface area contributed by atoms with Crippen LogP contribution in [0.5, 0.6) is 5.75 Å². The van der Waals surface area contributed by atoms with Gasteiger partial charge in [-0.05, 0) is 35.0 Å². The lowest BCUT2D eigenvalue weighted by Crippen LogP contribution is -2.30. The Labute approximate surface area is 102 Å². The van der Waals surface area contributed by atoms with E-state index in [1.165, 1.54) is 7.11 Å². The highest BCUT2D eigenvalue weighted by Gasteiger charge is 2.36. The average molecular weight is 289 g/mol. The number of carbonyl (C=O) groups excluding carboxylic acids is 1. The lowest BCUT2D eigenvalue weighted by molar-refractivity contribution is -0.155. The van der Waals surface area contributed by atoms with Crippen molar-refractivity contribution in [1.82, 2.24) is 0 Å². The van der Waals surface area contributed by atoms with E-state index in [2.05, 4.69) is 15.9 Å². The molecule has 1 atom stereocenters. The summed E-state index contributed by atoms with van der Waals surface area (Å²) in [7, 11) is 1.51. The van der Waals surface area contributed by atoms with E-state index in [0.29, 0.717) is 11.3 Å². The first kappa shape index (κ1) is 13.0. The van der Waals surface area contributed by atoms with Crippen molar-refractivity contribution in [1.29, 1.82) is 0 Å². The number of benzene rings is 1. The molecule has 5 heteroatoms. The predicted molar refractivity (Wildman–Crippen MR) is 62.5 cm³/mol. The third kappa shape index (κ3) is 2.74. The number of aliphatic hydroxyl groups is 1. The number of hydrogen-bond donors (Lipinski definition) is 1. The Bertz CT molecular complexity index is 376. The second-order valence-electron chi connectivity index (χ2n) is 3.07. The molecule has 0 amide bonds. The molecule has 16 heavy (non-hydrogen) atoms. The molecule has 0 aromatic heterocycles. The van der Waals surface area contributed by atoms with Crippen LogP contribution >= 0.6 is 15.9 Å². The lowest BCUT2D eigenvalue weighted by atomic mass is 10.1. The highest BCUT2D eigenvalue weighted by atomic mass is 79.9. The summed E-state index contributed by atoms with van der Waals surface area (Å²) in [6, 6.07) is 6.57. The van der Waals surface area contributed by atoms with Crippen LogP contribution in [0, 0.1) is 0 Å². The Morgan fingerprint density at radius 3 is 2.81 bits per heavy atom. The first-order valence-corrected chi connectivity index (χ1v) is 5.54. The van der Waals surface area contributed by atoms with Gasteiger partial charge < -0.3 is 14.6 Å². The Hall–Kier alpha value is -1.07. The average Bonchev–Trinajstić information content (AvgIpc) is 2.29. The number of hydrogen-bond acceptors (Lipinski definition) is 4. The van der Waals surface area contributed by atoms with Gasteiger partial charge in [-0.2, -0.15) is 0 Å². The third-order valence-corrected chi connectivity index (χ3v) is 2.78. The van der Waals surface area contributed by atoms with Crippen molar-refractivity contribution >= 4 is 21.9 Å². The fraction of sp³-hybridized carbons (Fsp3) is 0.364. The maximum absolute atomic E-state index is 11.5. The highest BCUT2D eigenvalue weighted by molar-refractivity contribution is 9.10. The summed E-state index contributed by atoms with van der Waals surface area (Å²) in [4.78, 5) is 11.5. The number of carbonyl (C=O) groups is 1. The number of ether oxygens (including phenoxy) is 2. The maximum Gasteiger partial charge on any atom is 0.354 e. The molecule has 0 spiro atoms. The van der Waals surface area contributed by atoms with Crippen molar-refractivity contribution in [2.24, 2.45) is 0 Å². The van der Waals surface area contributed by atoms with Crippen LogP contribution < -0.4 is 4.74 Å². The van der Waals surface area contributed by atoms with Crippen LogP contribution in [0.25, 0.3) is 0 Å². The zero-order chi connectivity index (χ0) is 12.2. The SMILES string of the molecule is CCOC(=O)C(O)(Br)c1cccc(OC)c1. The molecule has 0 aliphatic carbocycles. The largest absolute Gasteiger partial charge is 0.497 e. The molecular formula is C11H13BrO4. The molecule has 4 nitrogen and oxygen atoms in total. The van der Waals surface area contributed by atoms with Gasteiger partial charge in [0.1, 0.15) is 5.75 Å². The van der Waals surface area contributed by atoms with Gasteiger partial charge in [0.05, 0.1) is 13.7 Å². The van der Waals surface area contributed by atoms with E-state index in [1.807, 2.05) is 0 Å². The molecule has 1 N–H and O–H groups in total. The first-order chi connectivity index (χ1) is 7.52. The maximum atomic E-state index is 11.5. The van der Waals surface area contributed by atoms with Gasteiger partial charge in [-0.15, -0.1) is 0 Å². The van der Waals surface area contributed by atoms with Crippen LogP contribution in [0.2, 0.25) is 0 Å². The van der Waals surface area contributed by atoms with E-state index in [-0.39, 0.29) is 6.61 Å². The van der Waals surface area contributed by atoms with E-state index >= 15 is 0 Å². The molecule has 1 aromatic carbocycles. The molecule has 1 unspecified atom stereocenters. The fourth-order valence-electron chi connectivity index (χ4n) is 1.17. The molecule has 0 saturated carbocycles. The van der Waals surface area contributed by atoms with Gasteiger partial charge in [0.15, 0.2) is 0 Å². The van der Waals surface area contributed by atoms with Crippen LogP contribution in [-0.4, -0.2) is 24.8 Å². The summed E-state index contributed by atoms with van der Waals surface area (Å²) in [5.74, 6) is -0.192. The van der Waals surface area contributed by atoms with Crippen molar-refractivity contribution in [2.75, 3.05) is 13.7 Å². The Morgan fingerprint density at radius 2 is 2.25 bits per heavy atom. The Balaban J connectivity index is 3.01. The lowest BCUT2D eigenvalue weighted by Gasteiger charge is -2.19. The minimum atomic E-state index is -1.84. The normalized spacial score (nSPS) is 14.0. The standard InChI is InChI=1S/C11H13BrO4/c1-3-16-10(13)11(12,14)8-5-4-6-9(7-8)15-2/h4-7,14H,3H2,1-2H3. The molecule has 0 aliphatic rings.